The van der Waals surface area contributed by atoms with Crippen molar-refractivity contribution >= 4 is 22.9 Å². The summed E-state index contributed by atoms with van der Waals surface area (Å²) in [5.74, 6) is -0.844. The van der Waals surface area contributed by atoms with Crippen LogP contribution in [0.15, 0.2) is 78.5 Å². The van der Waals surface area contributed by atoms with Gasteiger partial charge < -0.3 is 9.67 Å². The fraction of sp³-hybridized carbons (Fsp3) is 0.174. The molecule has 0 spiro atoms. The number of rotatable bonds is 7. The monoisotopic (exact) mass is 345 g/mol. The zero-order valence-corrected chi connectivity index (χ0v) is 14.9. The normalized spacial score (nSPS) is 12.1. The number of carboxylic acids is 1. The SMILES string of the molecule is CCC/C(=C\C=C\c1cn(Cc2ccccc2)c2ccccc12)C(=O)O. The molecule has 0 amide bonds. The highest BCUT2D eigenvalue weighted by molar-refractivity contribution is 5.90. The molecule has 0 aliphatic carbocycles. The van der Waals surface area contributed by atoms with Crippen LogP contribution in [-0.2, 0) is 11.3 Å². The zero-order chi connectivity index (χ0) is 18.4. The Kier molecular flexibility index (Phi) is 5.69. The smallest absolute Gasteiger partial charge is 0.331 e. The number of aromatic nitrogens is 1. The van der Waals surface area contributed by atoms with E-state index >= 15 is 0 Å². The Bertz CT molecular complexity index is 949. The van der Waals surface area contributed by atoms with E-state index in [0.29, 0.717) is 12.0 Å². The van der Waals surface area contributed by atoms with Crippen LogP contribution >= 0.6 is 0 Å². The predicted octanol–water partition coefficient (Wildman–Crippen LogP) is 5.51. The van der Waals surface area contributed by atoms with E-state index in [4.69, 9.17) is 0 Å². The Morgan fingerprint density at radius 3 is 2.54 bits per heavy atom. The molecule has 2 aromatic carbocycles. The van der Waals surface area contributed by atoms with Gasteiger partial charge in [-0.05, 0) is 23.6 Å². The van der Waals surface area contributed by atoms with Crippen molar-refractivity contribution in [3.63, 3.8) is 0 Å². The minimum atomic E-state index is -0.844. The molecule has 3 nitrogen and oxygen atoms in total. The molecule has 132 valence electrons. The van der Waals surface area contributed by atoms with Gasteiger partial charge in [-0.25, -0.2) is 4.79 Å². The lowest BCUT2D eigenvalue weighted by Gasteiger charge is -2.05. The highest BCUT2D eigenvalue weighted by atomic mass is 16.4. The second-order valence-corrected chi connectivity index (χ2v) is 6.32. The molecule has 0 saturated carbocycles. The first-order valence-corrected chi connectivity index (χ1v) is 8.91. The molecule has 3 rings (SSSR count). The van der Waals surface area contributed by atoms with Gasteiger partial charge in [-0.1, -0.05) is 80.1 Å². The van der Waals surface area contributed by atoms with Crippen LogP contribution in [0.5, 0.6) is 0 Å². The number of nitrogens with zero attached hydrogens (tertiary/aromatic N) is 1. The maximum Gasteiger partial charge on any atom is 0.331 e. The third kappa shape index (κ3) is 4.12. The quantitative estimate of drug-likeness (QED) is 0.453. The number of allylic oxidation sites excluding steroid dienone is 2. The molecule has 3 heteroatoms. The lowest BCUT2D eigenvalue weighted by Crippen LogP contribution is -1.99. The first-order chi connectivity index (χ1) is 12.7. The van der Waals surface area contributed by atoms with E-state index in [0.717, 1.165) is 18.5 Å². The van der Waals surface area contributed by atoms with E-state index in [2.05, 4.69) is 35.0 Å². The summed E-state index contributed by atoms with van der Waals surface area (Å²) in [5.41, 5.74) is 3.96. The second-order valence-electron chi connectivity index (χ2n) is 6.32. The highest BCUT2D eigenvalue weighted by Crippen LogP contribution is 2.23. The van der Waals surface area contributed by atoms with E-state index in [-0.39, 0.29) is 0 Å². The lowest BCUT2D eigenvalue weighted by molar-refractivity contribution is -0.132. The molecule has 0 unspecified atom stereocenters. The van der Waals surface area contributed by atoms with Crippen molar-refractivity contribution in [1.82, 2.24) is 4.57 Å². The van der Waals surface area contributed by atoms with Crippen LogP contribution < -0.4 is 0 Å². The molecule has 3 aromatic rings. The van der Waals surface area contributed by atoms with E-state index in [1.165, 1.54) is 16.5 Å². The maximum atomic E-state index is 11.2. The third-order valence-electron chi connectivity index (χ3n) is 4.38. The molecule has 26 heavy (non-hydrogen) atoms. The van der Waals surface area contributed by atoms with Crippen LogP contribution in [0.4, 0.5) is 0 Å². The summed E-state index contributed by atoms with van der Waals surface area (Å²) in [4.78, 5) is 11.2. The number of fused-ring (bicyclic) bond motifs is 1. The Morgan fingerprint density at radius 1 is 1.08 bits per heavy atom. The van der Waals surface area contributed by atoms with E-state index in [1.54, 1.807) is 6.08 Å². The van der Waals surface area contributed by atoms with Gasteiger partial charge in [0, 0.05) is 29.2 Å². The van der Waals surface area contributed by atoms with Crippen molar-refractivity contribution in [2.75, 3.05) is 0 Å². The minimum Gasteiger partial charge on any atom is -0.478 e. The lowest BCUT2D eigenvalue weighted by atomic mass is 10.1. The first-order valence-electron chi connectivity index (χ1n) is 8.91. The van der Waals surface area contributed by atoms with Gasteiger partial charge in [0.05, 0.1) is 0 Å². The Morgan fingerprint density at radius 2 is 1.81 bits per heavy atom. The predicted molar refractivity (Wildman–Crippen MR) is 107 cm³/mol. The molecule has 0 aliphatic heterocycles. The van der Waals surface area contributed by atoms with Crippen molar-refractivity contribution < 1.29 is 9.90 Å². The molecule has 1 N–H and O–H groups in total. The van der Waals surface area contributed by atoms with E-state index in [9.17, 15) is 9.90 Å². The van der Waals surface area contributed by atoms with Crippen LogP contribution in [0.1, 0.15) is 30.9 Å². The molecular formula is C23H23NO2. The van der Waals surface area contributed by atoms with Gasteiger partial charge >= 0.3 is 5.97 Å². The number of carboxylic acid groups (broad SMARTS) is 1. The summed E-state index contributed by atoms with van der Waals surface area (Å²) in [5, 5.41) is 10.4. The summed E-state index contributed by atoms with van der Waals surface area (Å²) >= 11 is 0. The molecule has 0 bridgehead atoms. The van der Waals surface area contributed by atoms with Crippen molar-refractivity contribution in [2.45, 2.75) is 26.3 Å². The number of benzene rings is 2. The van der Waals surface area contributed by atoms with Crippen molar-refractivity contribution in [2.24, 2.45) is 0 Å². The summed E-state index contributed by atoms with van der Waals surface area (Å²) in [6.07, 6.45) is 9.06. The third-order valence-corrected chi connectivity index (χ3v) is 4.38. The molecule has 0 radical (unpaired) electrons. The highest BCUT2D eigenvalue weighted by Gasteiger charge is 2.07. The van der Waals surface area contributed by atoms with Gasteiger partial charge in [-0.3, -0.25) is 0 Å². The van der Waals surface area contributed by atoms with Crippen molar-refractivity contribution in [1.29, 1.82) is 0 Å². The molecule has 0 fully saturated rings. The molecule has 0 saturated heterocycles. The average Bonchev–Trinajstić information content (AvgIpc) is 3.00. The molecule has 1 aromatic heterocycles. The summed E-state index contributed by atoms with van der Waals surface area (Å²) in [6, 6.07) is 18.7. The summed E-state index contributed by atoms with van der Waals surface area (Å²) in [7, 11) is 0. The zero-order valence-electron chi connectivity index (χ0n) is 14.9. The second kappa shape index (κ2) is 8.34. The molecular weight excluding hydrogens is 322 g/mol. The summed E-state index contributed by atoms with van der Waals surface area (Å²) < 4.78 is 2.23. The minimum absolute atomic E-state index is 0.441. The Hall–Kier alpha value is -3.07. The van der Waals surface area contributed by atoms with Gasteiger partial charge in [-0.2, -0.15) is 0 Å². The van der Waals surface area contributed by atoms with Crippen LogP contribution in [0.3, 0.4) is 0 Å². The van der Waals surface area contributed by atoms with Crippen molar-refractivity contribution in [3.8, 4) is 0 Å². The van der Waals surface area contributed by atoms with Crippen LogP contribution in [0.25, 0.3) is 17.0 Å². The van der Waals surface area contributed by atoms with Gasteiger partial charge in [0.15, 0.2) is 0 Å². The topological polar surface area (TPSA) is 42.2 Å². The molecule has 0 atom stereocenters. The number of para-hydroxylation sites is 1. The van der Waals surface area contributed by atoms with Gasteiger partial charge in [0.1, 0.15) is 0 Å². The van der Waals surface area contributed by atoms with E-state index in [1.807, 2.05) is 49.4 Å². The average molecular weight is 345 g/mol. The molecule has 1 heterocycles. The maximum absolute atomic E-state index is 11.2. The first kappa shape index (κ1) is 17.7. The van der Waals surface area contributed by atoms with Gasteiger partial charge in [0.25, 0.3) is 0 Å². The van der Waals surface area contributed by atoms with Crippen LogP contribution in [-0.4, -0.2) is 15.6 Å². The summed E-state index contributed by atoms with van der Waals surface area (Å²) in [6.45, 7) is 2.79. The fourth-order valence-corrected chi connectivity index (χ4v) is 3.12. The van der Waals surface area contributed by atoms with Crippen LogP contribution in [0, 0.1) is 0 Å². The number of hydrogen-bond donors (Lipinski definition) is 1. The van der Waals surface area contributed by atoms with Gasteiger partial charge in [0.2, 0.25) is 0 Å². The Balaban J connectivity index is 1.93. The van der Waals surface area contributed by atoms with Crippen molar-refractivity contribution in [3.05, 3.63) is 89.6 Å². The fourth-order valence-electron chi connectivity index (χ4n) is 3.12. The number of aliphatic carboxylic acids is 1. The Labute approximate surface area is 153 Å². The standard InChI is InChI=1S/C23H23NO2/c1-2-9-19(23(25)26)12-8-13-20-17-24(16-18-10-4-3-5-11-18)22-15-7-6-14-21(20)22/h3-8,10-15,17H,2,9,16H2,1H3,(H,25,26)/b13-8+,19-12+. The van der Waals surface area contributed by atoms with Crippen LogP contribution in [0.2, 0.25) is 0 Å². The number of carbonyl (C=O) groups is 1. The largest absolute Gasteiger partial charge is 0.478 e. The van der Waals surface area contributed by atoms with E-state index < -0.39 is 5.97 Å². The van der Waals surface area contributed by atoms with Gasteiger partial charge in [-0.15, -0.1) is 0 Å². The number of hydrogen-bond acceptors (Lipinski definition) is 1. The molecule has 0 aliphatic rings.